The van der Waals surface area contributed by atoms with E-state index < -0.39 is 6.04 Å². The largest absolute Gasteiger partial charge is 0.357 e. The maximum atomic E-state index is 13.7. The van der Waals surface area contributed by atoms with Crippen molar-refractivity contribution in [3.05, 3.63) is 83.4 Å². The molecule has 2 aromatic rings. The van der Waals surface area contributed by atoms with Crippen LogP contribution in [-0.4, -0.2) is 53.1 Å². The molecular weight excluding hydrogens is 454 g/mol. The third kappa shape index (κ3) is 5.40. The van der Waals surface area contributed by atoms with E-state index in [0.717, 1.165) is 16.7 Å². The molecule has 2 aliphatic rings. The van der Waals surface area contributed by atoms with Crippen LogP contribution >= 0.6 is 0 Å². The van der Waals surface area contributed by atoms with Gasteiger partial charge in [-0.1, -0.05) is 66.7 Å². The number of fused-ring (bicyclic) bond motifs is 1. The van der Waals surface area contributed by atoms with E-state index >= 15 is 0 Å². The summed E-state index contributed by atoms with van der Waals surface area (Å²) in [7, 11) is 1.56. The molecule has 1 aliphatic heterocycles. The zero-order chi connectivity index (χ0) is 25.7. The Hall–Kier alpha value is -3.74. The Morgan fingerprint density at radius 2 is 1.58 bits per heavy atom. The highest BCUT2D eigenvalue weighted by Crippen LogP contribution is 2.35. The summed E-state index contributed by atoms with van der Waals surface area (Å²) in [5, 5.41) is 2.71. The number of benzene rings is 2. The molecule has 2 aromatic carbocycles. The third-order valence-corrected chi connectivity index (χ3v) is 7.27. The van der Waals surface area contributed by atoms with Gasteiger partial charge < -0.3 is 10.2 Å². The number of rotatable bonds is 9. The van der Waals surface area contributed by atoms with Crippen LogP contribution in [-0.2, 0) is 32.1 Å². The van der Waals surface area contributed by atoms with Gasteiger partial charge in [-0.3, -0.25) is 24.1 Å². The Kier molecular flexibility index (Phi) is 7.98. The predicted molar refractivity (Wildman–Crippen MR) is 136 cm³/mol. The summed E-state index contributed by atoms with van der Waals surface area (Å²) in [6.45, 7) is 2.26. The van der Waals surface area contributed by atoms with Gasteiger partial charge in [-0.2, -0.15) is 0 Å². The fraction of sp³-hybridized carbons (Fsp3) is 0.379. The molecule has 0 aromatic heterocycles. The molecule has 1 fully saturated rings. The Morgan fingerprint density at radius 3 is 2.19 bits per heavy atom. The topological polar surface area (TPSA) is 86.8 Å². The number of imide groups is 1. The number of likely N-dealkylation sites (tertiary alicyclic amines) is 1. The van der Waals surface area contributed by atoms with Crippen molar-refractivity contribution < 1.29 is 19.2 Å². The second-order valence-electron chi connectivity index (χ2n) is 9.50. The van der Waals surface area contributed by atoms with Gasteiger partial charge >= 0.3 is 0 Å². The molecule has 0 bridgehead atoms. The second-order valence-corrected chi connectivity index (χ2v) is 9.50. The summed E-state index contributed by atoms with van der Waals surface area (Å²) in [6.07, 6.45) is 5.35. The molecule has 4 amide bonds. The number of allylic oxidation sites excluding steroid dienone is 2. The minimum absolute atomic E-state index is 0.0274. The summed E-state index contributed by atoms with van der Waals surface area (Å²) in [5.74, 6) is -1.56. The minimum atomic E-state index is -0.735. The SMILES string of the molecule is CNC(=O)[C@@H](Cc1ccccc1)N(Cc1ccccc1C)C(=O)CCN1C(=O)[C@H]2CC=CC[C@H]2C1=O. The van der Waals surface area contributed by atoms with Gasteiger partial charge in [0, 0.05) is 33.0 Å². The Labute approximate surface area is 212 Å². The first kappa shape index (κ1) is 25.4. The summed E-state index contributed by atoms with van der Waals surface area (Å²) in [6, 6.07) is 16.6. The van der Waals surface area contributed by atoms with Crippen LogP contribution in [0.3, 0.4) is 0 Å². The van der Waals surface area contributed by atoms with E-state index in [1.807, 2.05) is 73.7 Å². The second kappa shape index (κ2) is 11.3. The van der Waals surface area contributed by atoms with Crippen molar-refractivity contribution in [3.8, 4) is 0 Å². The minimum Gasteiger partial charge on any atom is -0.357 e. The van der Waals surface area contributed by atoms with E-state index in [1.54, 1.807) is 11.9 Å². The highest BCUT2D eigenvalue weighted by atomic mass is 16.2. The molecule has 3 atom stereocenters. The van der Waals surface area contributed by atoms with Crippen molar-refractivity contribution in [3.63, 3.8) is 0 Å². The normalized spacial score (nSPS) is 19.7. The lowest BCUT2D eigenvalue weighted by Gasteiger charge is -2.32. The van der Waals surface area contributed by atoms with E-state index in [0.29, 0.717) is 19.3 Å². The average Bonchev–Trinajstić information content (AvgIpc) is 3.15. The Balaban J connectivity index is 1.57. The predicted octanol–water partition coefficient (Wildman–Crippen LogP) is 3.02. The molecule has 1 heterocycles. The highest BCUT2D eigenvalue weighted by Gasteiger charge is 2.47. The number of nitrogens with one attached hydrogen (secondary N) is 1. The van der Waals surface area contributed by atoms with Gasteiger partial charge in [0.1, 0.15) is 6.04 Å². The zero-order valence-electron chi connectivity index (χ0n) is 20.9. The van der Waals surface area contributed by atoms with Gasteiger partial charge in [-0.15, -0.1) is 0 Å². The number of carbonyl (C=O) groups is 4. The molecule has 4 rings (SSSR count). The summed E-state index contributed by atoms with van der Waals surface area (Å²) >= 11 is 0. The number of hydrogen-bond acceptors (Lipinski definition) is 4. The van der Waals surface area contributed by atoms with Crippen LogP contribution < -0.4 is 5.32 Å². The van der Waals surface area contributed by atoms with E-state index in [1.165, 1.54) is 4.90 Å². The molecule has 1 aliphatic carbocycles. The van der Waals surface area contributed by atoms with E-state index in [2.05, 4.69) is 5.32 Å². The monoisotopic (exact) mass is 487 g/mol. The quantitative estimate of drug-likeness (QED) is 0.435. The molecule has 0 unspecified atom stereocenters. The van der Waals surface area contributed by atoms with Gasteiger partial charge in [0.2, 0.25) is 23.6 Å². The van der Waals surface area contributed by atoms with Crippen LogP contribution in [0, 0.1) is 18.8 Å². The van der Waals surface area contributed by atoms with Crippen molar-refractivity contribution >= 4 is 23.6 Å². The van der Waals surface area contributed by atoms with Crippen LogP contribution in [0.15, 0.2) is 66.7 Å². The summed E-state index contributed by atoms with van der Waals surface area (Å²) < 4.78 is 0. The van der Waals surface area contributed by atoms with Crippen molar-refractivity contribution in [1.29, 1.82) is 0 Å². The molecule has 188 valence electrons. The van der Waals surface area contributed by atoms with Crippen LogP contribution in [0.25, 0.3) is 0 Å². The molecule has 1 N–H and O–H groups in total. The zero-order valence-corrected chi connectivity index (χ0v) is 20.9. The molecule has 36 heavy (non-hydrogen) atoms. The number of amides is 4. The van der Waals surface area contributed by atoms with Gasteiger partial charge in [0.15, 0.2) is 0 Å². The Bertz CT molecular complexity index is 1130. The van der Waals surface area contributed by atoms with Crippen LogP contribution in [0.5, 0.6) is 0 Å². The first-order valence-electron chi connectivity index (χ1n) is 12.5. The maximum absolute atomic E-state index is 13.7. The number of likely N-dealkylation sites (N-methyl/N-ethyl adjacent to an activating group) is 1. The molecule has 1 saturated heterocycles. The fourth-order valence-electron chi connectivity index (χ4n) is 5.13. The van der Waals surface area contributed by atoms with E-state index in [9.17, 15) is 19.2 Å². The molecule has 0 saturated carbocycles. The summed E-state index contributed by atoms with van der Waals surface area (Å²) in [4.78, 5) is 55.3. The highest BCUT2D eigenvalue weighted by molar-refractivity contribution is 6.05. The number of carbonyl (C=O) groups excluding carboxylic acids is 4. The molecule has 0 spiro atoms. The van der Waals surface area contributed by atoms with E-state index in [-0.39, 0.29) is 55.0 Å². The molecular formula is C29H33N3O4. The van der Waals surface area contributed by atoms with Gasteiger partial charge in [-0.25, -0.2) is 0 Å². The van der Waals surface area contributed by atoms with Crippen molar-refractivity contribution in [2.75, 3.05) is 13.6 Å². The Morgan fingerprint density at radius 1 is 0.972 bits per heavy atom. The molecule has 0 radical (unpaired) electrons. The van der Waals surface area contributed by atoms with Crippen LogP contribution in [0.2, 0.25) is 0 Å². The maximum Gasteiger partial charge on any atom is 0.242 e. The molecule has 7 nitrogen and oxygen atoms in total. The lowest BCUT2D eigenvalue weighted by molar-refractivity contribution is -0.144. The standard InChI is InChI=1S/C29H33N3O4/c1-20-10-6-7-13-22(20)19-32(25(27(34)30-2)18-21-11-4-3-5-12-21)26(33)16-17-31-28(35)23-14-8-9-15-24(23)29(31)36/h3-13,23-25H,14-19H2,1-2H3,(H,30,34)/t23-,24+,25-/m1/s1. The number of hydrogen-bond donors (Lipinski definition) is 1. The van der Waals surface area contributed by atoms with Crippen LogP contribution in [0.4, 0.5) is 0 Å². The van der Waals surface area contributed by atoms with Crippen molar-refractivity contribution in [2.45, 2.75) is 45.2 Å². The number of aryl methyl sites for hydroxylation is 1. The van der Waals surface area contributed by atoms with Crippen molar-refractivity contribution in [2.24, 2.45) is 11.8 Å². The van der Waals surface area contributed by atoms with Gasteiger partial charge in [0.05, 0.1) is 11.8 Å². The molecule has 7 heteroatoms. The first-order chi connectivity index (χ1) is 17.4. The van der Waals surface area contributed by atoms with Gasteiger partial charge in [-0.05, 0) is 36.5 Å². The first-order valence-corrected chi connectivity index (χ1v) is 12.5. The third-order valence-electron chi connectivity index (χ3n) is 7.27. The van der Waals surface area contributed by atoms with Gasteiger partial charge in [0.25, 0.3) is 0 Å². The van der Waals surface area contributed by atoms with Crippen LogP contribution in [0.1, 0.15) is 36.0 Å². The lowest BCUT2D eigenvalue weighted by atomic mass is 9.85. The average molecular weight is 488 g/mol. The lowest BCUT2D eigenvalue weighted by Crippen LogP contribution is -2.50. The summed E-state index contributed by atoms with van der Waals surface area (Å²) in [5.41, 5.74) is 2.90. The van der Waals surface area contributed by atoms with E-state index in [4.69, 9.17) is 0 Å². The fourth-order valence-corrected chi connectivity index (χ4v) is 5.13. The van der Waals surface area contributed by atoms with Crippen molar-refractivity contribution in [1.82, 2.24) is 15.1 Å². The number of nitrogens with zero attached hydrogens (tertiary/aromatic N) is 2. The smallest absolute Gasteiger partial charge is 0.242 e.